The quantitative estimate of drug-likeness (QED) is 0.683. The Labute approximate surface area is 177 Å². The maximum atomic E-state index is 14.2. The van der Waals surface area contributed by atoms with Crippen LogP contribution in [0.5, 0.6) is 5.75 Å². The summed E-state index contributed by atoms with van der Waals surface area (Å²) in [7, 11) is 0. The molecule has 1 aromatic heterocycles. The minimum atomic E-state index is -4.72. The summed E-state index contributed by atoms with van der Waals surface area (Å²) in [6.45, 7) is 5.88. The highest BCUT2D eigenvalue weighted by Crippen LogP contribution is 2.45. The lowest BCUT2D eigenvalue weighted by atomic mass is 9.98. The fourth-order valence-corrected chi connectivity index (χ4v) is 3.13. The van der Waals surface area contributed by atoms with Gasteiger partial charge in [-0.05, 0) is 56.5 Å². The third-order valence-corrected chi connectivity index (χ3v) is 4.59. The molecule has 162 valence electrons. The molecule has 0 atom stereocenters. The van der Waals surface area contributed by atoms with Crippen molar-refractivity contribution in [3.63, 3.8) is 0 Å². The molecule has 30 heavy (non-hydrogen) atoms. The van der Waals surface area contributed by atoms with Gasteiger partial charge in [0, 0.05) is 31.4 Å². The largest absolute Gasteiger partial charge is 0.487 e. The lowest BCUT2D eigenvalue weighted by Gasteiger charge is -2.31. The normalized spacial score (nSPS) is 14.3. The third-order valence-electron chi connectivity index (χ3n) is 4.41. The van der Waals surface area contributed by atoms with Crippen LogP contribution in [0.1, 0.15) is 38.3 Å². The zero-order chi connectivity index (χ0) is 22.1. The fraction of sp³-hybridized carbons (Fsp3) is 0.450. The van der Waals surface area contributed by atoms with Gasteiger partial charge in [0.05, 0.1) is 5.69 Å². The molecular weight excluding hydrogens is 421 g/mol. The molecule has 1 aromatic carbocycles. The predicted molar refractivity (Wildman–Crippen MR) is 106 cm³/mol. The van der Waals surface area contributed by atoms with E-state index in [-0.39, 0.29) is 40.4 Å². The number of halogens is 4. The number of urea groups is 1. The number of likely N-dealkylation sites (tertiary alicyclic amines) is 1. The number of benzene rings is 1. The van der Waals surface area contributed by atoms with E-state index in [0.29, 0.717) is 13.1 Å². The standard InChI is InChI=1S/C20H22ClF3N4O2/c1-19(2,3)30-16-13(14-7-8-25-17(21)27-14)6-5-12(15(16)20(22,23)24)11-26-18(29)28-9-4-10-28/h5-8H,4,9-11H2,1-3H3,(H,26,29). The van der Waals surface area contributed by atoms with Crippen LogP contribution in [0.2, 0.25) is 5.28 Å². The van der Waals surface area contributed by atoms with Gasteiger partial charge in [-0.1, -0.05) is 6.07 Å². The second-order valence-electron chi connectivity index (χ2n) is 7.90. The van der Waals surface area contributed by atoms with E-state index in [1.807, 2.05) is 0 Å². The van der Waals surface area contributed by atoms with E-state index in [4.69, 9.17) is 16.3 Å². The van der Waals surface area contributed by atoms with E-state index in [0.717, 1.165) is 6.42 Å². The Kier molecular flexibility index (Phi) is 6.12. The molecule has 2 aromatic rings. The Morgan fingerprint density at radius 2 is 1.93 bits per heavy atom. The summed E-state index contributed by atoms with van der Waals surface area (Å²) in [4.78, 5) is 21.4. The molecule has 1 saturated heterocycles. The van der Waals surface area contributed by atoms with Crippen LogP contribution in [-0.2, 0) is 12.7 Å². The van der Waals surface area contributed by atoms with E-state index in [1.165, 1.54) is 29.3 Å². The molecule has 0 unspecified atom stereocenters. The lowest BCUT2D eigenvalue weighted by Crippen LogP contribution is -2.47. The number of aromatic nitrogens is 2. The zero-order valence-electron chi connectivity index (χ0n) is 16.8. The molecule has 0 bridgehead atoms. The summed E-state index contributed by atoms with van der Waals surface area (Å²) in [6, 6.07) is 3.88. The van der Waals surface area contributed by atoms with Gasteiger partial charge in [0.1, 0.15) is 16.9 Å². The number of nitrogens with zero attached hydrogens (tertiary/aromatic N) is 3. The molecular formula is C20H22ClF3N4O2. The van der Waals surface area contributed by atoms with Gasteiger partial charge in [-0.15, -0.1) is 0 Å². The van der Waals surface area contributed by atoms with E-state index >= 15 is 0 Å². The molecule has 1 aliphatic rings. The van der Waals surface area contributed by atoms with Crippen molar-refractivity contribution in [3.05, 3.63) is 40.8 Å². The molecule has 2 heterocycles. The first kappa shape index (κ1) is 22.1. The average molecular weight is 443 g/mol. The minimum absolute atomic E-state index is 0.0892. The molecule has 1 N–H and O–H groups in total. The number of hydrogen-bond donors (Lipinski definition) is 1. The van der Waals surface area contributed by atoms with Crippen molar-refractivity contribution in [1.29, 1.82) is 0 Å². The molecule has 3 rings (SSSR count). The second-order valence-corrected chi connectivity index (χ2v) is 8.24. The van der Waals surface area contributed by atoms with Gasteiger partial charge in [0.15, 0.2) is 0 Å². The van der Waals surface area contributed by atoms with Crippen LogP contribution >= 0.6 is 11.6 Å². The van der Waals surface area contributed by atoms with Crippen molar-refractivity contribution in [2.75, 3.05) is 13.1 Å². The van der Waals surface area contributed by atoms with Crippen molar-refractivity contribution >= 4 is 17.6 Å². The van der Waals surface area contributed by atoms with Gasteiger partial charge in [0.25, 0.3) is 0 Å². The number of carbonyl (C=O) groups excluding carboxylic acids is 1. The highest BCUT2D eigenvalue weighted by Gasteiger charge is 2.40. The van der Waals surface area contributed by atoms with Crippen LogP contribution in [0.25, 0.3) is 11.3 Å². The van der Waals surface area contributed by atoms with E-state index in [1.54, 1.807) is 20.8 Å². The van der Waals surface area contributed by atoms with Crippen LogP contribution in [0.4, 0.5) is 18.0 Å². The van der Waals surface area contributed by atoms with Crippen molar-refractivity contribution < 1.29 is 22.7 Å². The number of hydrogen-bond acceptors (Lipinski definition) is 4. The average Bonchev–Trinajstić information content (AvgIpc) is 2.56. The number of alkyl halides is 3. The fourth-order valence-electron chi connectivity index (χ4n) is 2.98. The molecule has 0 aliphatic carbocycles. The number of carbonyl (C=O) groups is 1. The van der Waals surface area contributed by atoms with Crippen LogP contribution in [0, 0.1) is 0 Å². The van der Waals surface area contributed by atoms with Gasteiger partial charge in [-0.2, -0.15) is 13.2 Å². The first-order valence-electron chi connectivity index (χ1n) is 9.39. The summed E-state index contributed by atoms with van der Waals surface area (Å²) < 4.78 is 48.2. The number of ether oxygens (including phenoxy) is 1. The van der Waals surface area contributed by atoms with E-state index in [2.05, 4.69) is 15.3 Å². The molecule has 0 radical (unpaired) electrons. The van der Waals surface area contributed by atoms with Gasteiger partial charge >= 0.3 is 12.2 Å². The monoisotopic (exact) mass is 442 g/mol. The SMILES string of the molecule is CC(C)(C)Oc1c(-c2ccnc(Cl)n2)ccc(CNC(=O)N2CCC2)c1C(F)(F)F. The van der Waals surface area contributed by atoms with Gasteiger partial charge in [-0.25, -0.2) is 14.8 Å². The smallest absolute Gasteiger partial charge is 0.420 e. The first-order chi connectivity index (χ1) is 14.0. The van der Waals surface area contributed by atoms with E-state index in [9.17, 15) is 18.0 Å². The lowest BCUT2D eigenvalue weighted by molar-refractivity contribution is -0.140. The van der Waals surface area contributed by atoms with Crippen LogP contribution in [0.3, 0.4) is 0 Å². The highest BCUT2D eigenvalue weighted by atomic mass is 35.5. The van der Waals surface area contributed by atoms with Gasteiger partial charge in [0.2, 0.25) is 5.28 Å². The molecule has 0 saturated carbocycles. The van der Waals surface area contributed by atoms with Gasteiger partial charge < -0.3 is 15.0 Å². The first-order valence-corrected chi connectivity index (χ1v) is 9.77. The van der Waals surface area contributed by atoms with Crippen molar-refractivity contribution in [2.24, 2.45) is 0 Å². The topological polar surface area (TPSA) is 67.4 Å². The molecule has 6 nitrogen and oxygen atoms in total. The molecule has 1 aliphatic heterocycles. The Morgan fingerprint density at radius 3 is 2.47 bits per heavy atom. The number of nitrogens with one attached hydrogen (secondary N) is 1. The Balaban J connectivity index is 2.09. The van der Waals surface area contributed by atoms with Crippen molar-refractivity contribution in [2.45, 2.75) is 45.5 Å². The molecule has 1 fully saturated rings. The van der Waals surface area contributed by atoms with Crippen LogP contribution < -0.4 is 10.1 Å². The van der Waals surface area contributed by atoms with Crippen LogP contribution in [-0.4, -0.2) is 39.6 Å². The zero-order valence-corrected chi connectivity index (χ0v) is 17.6. The summed E-state index contributed by atoms with van der Waals surface area (Å²) in [5.74, 6) is -0.361. The Morgan fingerprint density at radius 1 is 1.23 bits per heavy atom. The van der Waals surface area contributed by atoms with Gasteiger partial charge in [-0.3, -0.25) is 0 Å². The number of rotatable bonds is 4. The maximum absolute atomic E-state index is 14.2. The summed E-state index contributed by atoms with van der Waals surface area (Å²) in [6.07, 6.45) is -2.47. The van der Waals surface area contributed by atoms with Crippen LogP contribution in [0.15, 0.2) is 24.4 Å². The number of amides is 2. The second kappa shape index (κ2) is 8.29. The summed E-state index contributed by atoms with van der Waals surface area (Å²) in [5, 5.41) is 2.47. The Bertz CT molecular complexity index is 941. The highest BCUT2D eigenvalue weighted by molar-refractivity contribution is 6.28. The Hall–Kier alpha value is -2.55. The van der Waals surface area contributed by atoms with Crippen molar-refractivity contribution in [3.8, 4) is 17.0 Å². The predicted octanol–water partition coefficient (Wildman–Crippen LogP) is 4.91. The molecule has 2 amide bonds. The molecule has 10 heteroatoms. The third kappa shape index (κ3) is 5.13. The minimum Gasteiger partial charge on any atom is -0.487 e. The maximum Gasteiger partial charge on any atom is 0.420 e. The molecule has 0 spiro atoms. The summed E-state index contributed by atoms with van der Waals surface area (Å²) >= 11 is 5.84. The summed E-state index contributed by atoms with van der Waals surface area (Å²) in [5.41, 5.74) is -1.62. The van der Waals surface area contributed by atoms with Crippen molar-refractivity contribution in [1.82, 2.24) is 20.2 Å². The van der Waals surface area contributed by atoms with E-state index < -0.39 is 17.3 Å².